The molecule has 0 unspecified atom stereocenters. The van der Waals surface area contributed by atoms with E-state index in [0.717, 1.165) is 48.6 Å². The zero-order chi connectivity index (χ0) is 24.3. The Bertz CT molecular complexity index is 1150. The van der Waals surface area contributed by atoms with Crippen LogP contribution in [-0.2, 0) is 4.79 Å². The van der Waals surface area contributed by atoms with E-state index in [2.05, 4.69) is 32.9 Å². The third kappa shape index (κ3) is 5.09. The molecule has 2 saturated carbocycles. The lowest BCUT2D eigenvalue weighted by Crippen LogP contribution is -2.47. The highest BCUT2D eigenvalue weighted by Gasteiger charge is 2.33. The van der Waals surface area contributed by atoms with E-state index in [1.54, 1.807) is 0 Å². The second kappa shape index (κ2) is 10.8. The van der Waals surface area contributed by atoms with Gasteiger partial charge >= 0.3 is 0 Å². The van der Waals surface area contributed by atoms with Gasteiger partial charge in [0.1, 0.15) is 5.82 Å². The highest BCUT2D eigenvalue weighted by atomic mass is 16.1. The van der Waals surface area contributed by atoms with Gasteiger partial charge < -0.3 is 10.2 Å². The third-order valence-electron chi connectivity index (χ3n) is 9.22. The van der Waals surface area contributed by atoms with Crippen LogP contribution >= 0.6 is 0 Å². The van der Waals surface area contributed by atoms with Gasteiger partial charge in [0.05, 0.1) is 11.0 Å². The first-order chi connectivity index (χ1) is 17.7. The fourth-order valence-electron chi connectivity index (χ4n) is 7.19. The molecule has 1 saturated heterocycles. The maximum Gasteiger partial charge on any atom is 0.236 e. The number of rotatable bonds is 6. The number of anilines is 1. The molecule has 6 nitrogen and oxygen atoms in total. The molecule has 3 aliphatic rings. The van der Waals surface area contributed by atoms with Crippen LogP contribution in [0.5, 0.6) is 0 Å². The number of hydrogen-bond acceptors (Lipinski definition) is 4. The van der Waals surface area contributed by atoms with Crippen molar-refractivity contribution in [3.63, 3.8) is 0 Å². The lowest BCUT2D eigenvalue weighted by molar-refractivity contribution is -0.124. The van der Waals surface area contributed by atoms with Crippen LogP contribution in [0.4, 0.5) is 5.82 Å². The lowest BCUT2D eigenvalue weighted by Gasteiger charge is -2.39. The quantitative estimate of drug-likeness (QED) is 0.454. The van der Waals surface area contributed by atoms with E-state index in [4.69, 9.17) is 9.97 Å². The van der Waals surface area contributed by atoms with E-state index < -0.39 is 0 Å². The zero-order valence-electron chi connectivity index (χ0n) is 21.6. The first kappa shape index (κ1) is 23.7. The van der Waals surface area contributed by atoms with Gasteiger partial charge in [-0.15, -0.1) is 0 Å². The van der Waals surface area contributed by atoms with Gasteiger partial charge in [-0.25, -0.2) is 4.98 Å². The van der Waals surface area contributed by atoms with Gasteiger partial charge in [-0.3, -0.25) is 9.20 Å². The highest BCUT2D eigenvalue weighted by Crippen LogP contribution is 2.36. The number of imidazole rings is 1. The molecule has 1 amide bonds. The Morgan fingerprint density at radius 3 is 2.22 bits per heavy atom. The van der Waals surface area contributed by atoms with Crippen LogP contribution in [-0.4, -0.2) is 39.4 Å². The predicted octanol–water partition coefficient (Wildman–Crippen LogP) is 6.13. The van der Waals surface area contributed by atoms with Crippen molar-refractivity contribution in [1.29, 1.82) is 0 Å². The average Bonchev–Trinajstić information content (AvgIpc) is 3.31. The van der Waals surface area contributed by atoms with Crippen LogP contribution in [0.15, 0.2) is 36.5 Å². The molecule has 6 rings (SSSR count). The SMILES string of the molecule is O=C(CC1CCN(c2ccn3c(n2)nc2ccccc23)CC1)NC(C1CCCCC1)C1CCCCC1. The minimum Gasteiger partial charge on any atom is -0.356 e. The first-order valence-electron chi connectivity index (χ1n) is 14.5. The van der Waals surface area contributed by atoms with Crippen LogP contribution in [0.25, 0.3) is 16.8 Å². The summed E-state index contributed by atoms with van der Waals surface area (Å²) >= 11 is 0. The van der Waals surface area contributed by atoms with E-state index in [0.29, 0.717) is 36.1 Å². The lowest BCUT2D eigenvalue weighted by atomic mass is 9.73. The molecule has 2 aliphatic carbocycles. The summed E-state index contributed by atoms with van der Waals surface area (Å²) < 4.78 is 2.06. The number of carbonyl (C=O) groups excluding carboxylic acids is 1. The number of amides is 1. The van der Waals surface area contributed by atoms with E-state index in [1.807, 2.05) is 18.2 Å². The molecule has 6 heteroatoms. The number of carbonyl (C=O) groups is 1. The van der Waals surface area contributed by atoms with Crippen molar-refractivity contribution in [2.45, 2.75) is 89.5 Å². The second-order valence-electron chi connectivity index (χ2n) is 11.6. The normalized spacial score (nSPS) is 21.0. The van der Waals surface area contributed by atoms with Crippen molar-refractivity contribution < 1.29 is 4.79 Å². The molecule has 0 radical (unpaired) electrons. The van der Waals surface area contributed by atoms with Crippen molar-refractivity contribution in [2.75, 3.05) is 18.0 Å². The fourth-order valence-corrected chi connectivity index (χ4v) is 7.19. The van der Waals surface area contributed by atoms with Gasteiger partial charge in [0.15, 0.2) is 0 Å². The number of nitrogens with zero attached hydrogens (tertiary/aromatic N) is 4. The molecule has 2 aromatic heterocycles. The third-order valence-corrected chi connectivity index (χ3v) is 9.22. The summed E-state index contributed by atoms with van der Waals surface area (Å²) in [6.07, 6.45) is 18.2. The summed E-state index contributed by atoms with van der Waals surface area (Å²) in [6, 6.07) is 10.7. The average molecular weight is 488 g/mol. The van der Waals surface area contributed by atoms with E-state index in [-0.39, 0.29) is 0 Å². The Hall–Kier alpha value is -2.63. The number of nitrogens with one attached hydrogen (secondary N) is 1. The molecular formula is C30H41N5O. The molecule has 1 aliphatic heterocycles. The summed E-state index contributed by atoms with van der Waals surface area (Å²) in [7, 11) is 0. The fraction of sp³-hybridized carbons (Fsp3) is 0.633. The minimum absolute atomic E-state index is 0.304. The van der Waals surface area contributed by atoms with Gasteiger partial charge in [0.2, 0.25) is 11.7 Å². The molecule has 0 spiro atoms. The van der Waals surface area contributed by atoms with Crippen LogP contribution < -0.4 is 10.2 Å². The van der Waals surface area contributed by atoms with Crippen LogP contribution in [0.3, 0.4) is 0 Å². The smallest absolute Gasteiger partial charge is 0.236 e. The Morgan fingerprint density at radius 2 is 1.53 bits per heavy atom. The summed E-state index contributed by atoms with van der Waals surface area (Å²) in [6.45, 7) is 1.91. The topological polar surface area (TPSA) is 62.5 Å². The highest BCUT2D eigenvalue weighted by molar-refractivity contribution is 5.79. The number of benzene rings is 1. The standard InChI is InChI=1S/C30H41N5O/c36-28(33-29(23-9-3-1-4-10-23)24-11-5-2-6-12-24)21-22-15-18-34(19-16-22)27-17-20-35-26-14-8-7-13-25(26)31-30(35)32-27/h7-8,13-14,17,20,22-24,29H,1-6,9-12,15-16,18-19,21H2,(H,33,36). The molecule has 36 heavy (non-hydrogen) atoms. The van der Waals surface area contributed by atoms with Gasteiger partial charge in [0, 0.05) is 31.7 Å². The number of fused-ring (bicyclic) bond motifs is 3. The maximum absolute atomic E-state index is 13.2. The monoisotopic (exact) mass is 487 g/mol. The number of para-hydroxylation sites is 2. The van der Waals surface area contributed by atoms with E-state index in [1.165, 1.54) is 64.2 Å². The molecule has 192 valence electrons. The summed E-state index contributed by atoms with van der Waals surface area (Å²) in [5.41, 5.74) is 2.07. The second-order valence-corrected chi connectivity index (χ2v) is 11.6. The Morgan fingerprint density at radius 1 is 0.861 bits per heavy atom. The molecular weight excluding hydrogens is 446 g/mol. The van der Waals surface area contributed by atoms with Crippen LogP contribution in [0.2, 0.25) is 0 Å². The van der Waals surface area contributed by atoms with Crippen molar-refractivity contribution in [1.82, 2.24) is 19.7 Å². The first-order valence-corrected chi connectivity index (χ1v) is 14.5. The number of aromatic nitrogens is 3. The molecule has 0 atom stereocenters. The van der Waals surface area contributed by atoms with Gasteiger partial charge in [-0.2, -0.15) is 4.98 Å². The maximum atomic E-state index is 13.2. The van der Waals surface area contributed by atoms with E-state index in [9.17, 15) is 4.79 Å². The van der Waals surface area contributed by atoms with Crippen molar-refractivity contribution in [3.05, 3.63) is 36.5 Å². The Kier molecular flexibility index (Phi) is 7.11. The molecule has 1 N–H and O–H groups in total. The predicted molar refractivity (Wildman–Crippen MR) is 145 cm³/mol. The summed E-state index contributed by atoms with van der Waals surface area (Å²) in [5, 5.41) is 3.60. The van der Waals surface area contributed by atoms with Crippen molar-refractivity contribution >= 4 is 28.5 Å². The molecule has 3 fully saturated rings. The molecule has 0 bridgehead atoms. The van der Waals surface area contributed by atoms with E-state index >= 15 is 0 Å². The van der Waals surface area contributed by atoms with Crippen molar-refractivity contribution in [3.8, 4) is 0 Å². The summed E-state index contributed by atoms with van der Waals surface area (Å²) in [5.74, 6) is 3.93. The van der Waals surface area contributed by atoms with Crippen LogP contribution in [0.1, 0.15) is 83.5 Å². The molecule has 3 aromatic rings. The zero-order valence-corrected chi connectivity index (χ0v) is 21.6. The Balaban J connectivity index is 1.05. The van der Waals surface area contributed by atoms with Gasteiger partial charge in [-0.05, 0) is 74.5 Å². The summed E-state index contributed by atoms with van der Waals surface area (Å²) in [4.78, 5) is 25.2. The largest absolute Gasteiger partial charge is 0.356 e. The number of piperidine rings is 1. The minimum atomic E-state index is 0.304. The van der Waals surface area contributed by atoms with Crippen LogP contribution in [0, 0.1) is 17.8 Å². The molecule has 1 aromatic carbocycles. The van der Waals surface area contributed by atoms with Crippen molar-refractivity contribution in [2.24, 2.45) is 17.8 Å². The van der Waals surface area contributed by atoms with Gasteiger partial charge in [0.25, 0.3) is 0 Å². The number of hydrogen-bond donors (Lipinski definition) is 1. The van der Waals surface area contributed by atoms with Gasteiger partial charge in [-0.1, -0.05) is 50.7 Å². The Labute approximate surface area is 214 Å². The molecule has 3 heterocycles.